The highest BCUT2D eigenvalue weighted by Crippen LogP contribution is 1.86. The average Bonchev–Trinajstić information content (AvgIpc) is 2.28. The molecule has 0 aromatic rings. The molecule has 0 amide bonds. The first-order valence-corrected chi connectivity index (χ1v) is 5.65. The second-order valence-corrected chi connectivity index (χ2v) is 3.40. The topological polar surface area (TPSA) is 90.9 Å². The molecule has 0 saturated heterocycles. The predicted molar refractivity (Wildman–Crippen MR) is 61.7 cm³/mol. The van der Waals surface area contributed by atoms with Gasteiger partial charge in [0.1, 0.15) is 19.8 Å². The number of esters is 3. The maximum atomic E-state index is 11.1. The first-order chi connectivity index (χ1) is 8.52. The number of hydrogen-bond donors (Lipinski definition) is 1. The van der Waals surface area contributed by atoms with Gasteiger partial charge in [-0.3, -0.25) is 14.4 Å². The Bertz CT molecular complexity index is 279. The molecule has 0 aromatic heterocycles. The SMILES string of the molecule is CC(=O)OCCNCCC(=O)OCCOC(C)=O. The molecule has 0 spiro atoms. The minimum atomic E-state index is -0.404. The number of carbonyl (C=O) groups excluding carboxylic acids is 3. The van der Waals surface area contributed by atoms with E-state index < -0.39 is 5.97 Å². The molecule has 0 rings (SSSR count). The molecule has 0 bridgehead atoms. The minimum absolute atomic E-state index is 0.0614. The van der Waals surface area contributed by atoms with Gasteiger partial charge in [0.25, 0.3) is 0 Å². The first-order valence-electron chi connectivity index (χ1n) is 5.65. The Morgan fingerprint density at radius 1 is 0.833 bits per heavy atom. The summed E-state index contributed by atoms with van der Waals surface area (Å²) in [5.41, 5.74) is 0. The zero-order valence-electron chi connectivity index (χ0n) is 10.7. The van der Waals surface area contributed by atoms with Crippen LogP contribution in [0.15, 0.2) is 0 Å². The number of nitrogens with one attached hydrogen (secondary N) is 1. The van der Waals surface area contributed by atoms with Crippen molar-refractivity contribution in [1.29, 1.82) is 0 Å². The van der Waals surface area contributed by atoms with Crippen LogP contribution < -0.4 is 5.32 Å². The lowest BCUT2D eigenvalue weighted by Gasteiger charge is -2.06. The van der Waals surface area contributed by atoms with Crippen LogP contribution in [0.3, 0.4) is 0 Å². The number of ether oxygens (including phenoxy) is 3. The molecule has 18 heavy (non-hydrogen) atoms. The van der Waals surface area contributed by atoms with E-state index in [-0.39, 0.29) is 38.2 Å². The molecule has 0 aliphatic carbocycles. The van der Waals surface area contributed by atoms with Gasteiger partial charge in [-0.05, 0) is 0 Å². The molecule has 0 radical (unpaired) electrons. The van der Waals surface area contributed by atoms with E-state index in [2.05, 4.69) is 14.8 Å². The van der Waals surface area contributed by atoms with Gasteiger partial charge in [0.2, 0.25) is 0 Å². The van der Waals surface area contributed by atoms with Crippen molar-refractivity contribution in [2.45, 2.75) is 20.3 Å². The third-order valence-corrected chi connectivity index (χ3v) is 1.74. The van der Waals surface area contributed by atoms with E-state index in [1.165, 1.54) is 13.8 Å². The Hall–Kier alpha value is -1.63. The van der Waals surface area contributed by atoms with Gasteiger partial charge in [-0.25, -0.2) is 0 Å². The van der Waals surface area contributed by atoms with E-state index in [0.717, 1.165) is 0 Å². The summed E-state index contributed by atoms with van der Waals surface area (Å²) in [4.78, 5) is 32.0. The van der Waals surface area contributed by atoms with Crippen LogP contribution in [0.1, 0.15) is 20.3 Å². The van der Waals surface area contributed by atoms with Gasteiger partial charge in [0.05, 0.1) is 6.42 Å². The Labute approximate surface area is 106 Å². The van der Waals surface area contributed by atoms with Gasteiger partial charge in [0.15, 0.2) is 0 Å². The van der Waals surface area contributed by atoms with Crippen molar-refractivity contribution in [1.82, 2.24) is 5.32 Å². The maximum absolute atomic E-state index is 11.1. The smallest absolute Gasteiger partial charge is 0.307 e. The largest absolute Gasteiger partial charge is 0.465 e. The van der Waals surface area contributed by atoms with Gasteiger partial charge >= 0.3 is 17.9 Å². The fraction of sp³-hybridized carbons (Fsp3) is 0.727. The lowest BCUT2D eigenvalue weighted by molar-refractivity contribution is -0.150. The Morgan fingerprint density at radius 2 is 1.39 bits per heavy atom. The second kappa shape index (κ2) is 10.5. The van der Waals surface area contributed by atoms with Crippen molar-refractivity contribution >= 4 is 17.9 Å². The van der Waals surface area contributed by atoms with E-state index in [1.54, 1.807) is 0 Å². The van der Waals surface area contributed by atoms with E-state index in [0.29, 0.717) is 13.1 Å². The maximum Gasteiger partial charge on any atom is 0.307 e. The zero-order chi connectivity index (χ0) is 13.8. The van der Waals surface area contributed by atoms with Crippen LogP contribution in [-0.2, 0) is 28.6 Å². The Morgan fingerprint density at radius 3 is 2.00 bits per heavy atom. The van der Waals surface area contributed by atoms with Crippen LogP contribution in [0.4, 0.5) is 0 Å². The normalized spacial score (nSPS) is 9.67. The number of rotatable bonds is 9. The number of carbonyl (C=O) groups is 3. The van der Waals surface area contributed by atoms with Crippen LogP contribution in [0.2, 0.25) is 0 Å². The average molecular weight is 261 g/mol. The van der Waals surface area contributed by atoms with Crippen molar-refractivity contribution in [2.24, 2.45) is 0 Å². The summed E-state index contributed by atoms with van der Waals surface area (Å²) in [6.07, 6.45) is 0.208. The molecule has 0 saturated carbocycles. The van der Waals surface area contributed by atoms with Crippen LogP contribution in [0, 0.1) is 0 Å². The summed E-state index contributed by atoms with van der Waals surface area (Å²) >= 11 is 0. The fourth-order valence-electron chi connectivity index (χ4n) is 0.995. The molecule has 0 unspecified atom stereocenters. The van der Waals surface area contributed by atoms with Gasteiger partial charge < -0.3 is 19.5 Å². The van der Waals surface area contributed by atoms with E-state index in [9.17, 15) is 14.4 Å². The standard InChI is InChI=1S/C11H19NO6/c1-9(13)16-6-5-12-4-3-11(15)18-8-7-17-10(2)14/h12H,3-8H2,1-2H3. The molecule has 0 heterocycles. The highest BCUT2D eigenvalue weighted by molar-refractivity contribution is 5.69. The van der Waals surface area contributed by atoms with Crippen LogP contribution in [-0.4, -0.2) is 50.8 Å². The highest BCUT2D eigenvalue weighted by Gasteiger charge is 2.02. The monoisotopic (exact) mass is 261 g/mol. The van der Waals surface area contributed by atoms with Gasteiger partial charge in [-0.2, -0.15) is 0 Å². The Balaban J connectivity index is 3.26. The first kappa shape index (κ1) is 16.4. The lowest BCUT2D eigenvalue weighted by Crippen LogP contribution is -2.24. The van der Waals surface area contributed by atoms with Crippen molar-refractivity contribution in [3.63, 3.8) is 0 Å². The van der Waals surface area contributed by atoms with Crippen molar-refractivity contribution in [2.75, 3.05) is 32.9 Å². The molecule has 0 aliphatic heterocycles. The molecule has 0 fully saturated rings. The third-order valence-electron chi connectivity index (χ3n) is 1.74. The Kier molecular flexibility index (Phi) is 9.57. The molecule has 7 nitrogen and oxygen atoms in total. The number of hydrogen-bond acceptors (Lipinski definition) is 7. The highest BCUT2D eigenvalue weighted by atomic mass is 16.6. The molecule has 7 heteroatoms. The van der Waals surface area contributed by atoms with E-state index in [4.69, 9.17) is 4.74 Å². The van der Waals surface area contributed by atoms with Crippen LogP contribution in [0.25, 0.3) is 0 Å². The van der Waals surface area contributed by atoms with Gasteiger partial charge in [-0.1, -0.05) is 0 Å². The van der Waals surface area contributed by atoms with Gasteiger partial charge in [0, 0.05) is 26.9 Å². The molecule has 104 valence electrons. The predicted octanol–water partition coefficient (Wildman–Crippen LogP) is -0.364. The lowest BCUT2D eigenvalue weighted by atomic mass is 10.4. The van der Waals surface area contributed by atoms with Crippen molar-refractivity contribution in [3.8, 4) is 0 Å². The summed E-state index contributed by atoms with van der Waals surface area (Å²) in [5, 5.41) is 2.92. The van der Waals surface area contributed by atoms with Crippen LogP contribution >= 0.6 is 0 Å². The molecule has 0 atom stereocenters. The fourth-order valence-corrected chi connectivity index (χ4v) is 0.995. The quantitative estimate of drug-likeness (QED) is 0.344. The third kappa shape index (κ3) is 12.4. The summed E-state index contributed by atoms with van der Waals surface area (Å²) in [5.74, 6) is -1.11. The minimum Gasteiger partial charge on any atom is -0.465 e. The van der Waals surface area contributed by atoms with Crippen LogP contribution in [0.5, 0.6) is 0 Å². The summed E-state index contributed by atoms with van der Waals surface area (Å²) in [7, 11) is 0. The van der Waals surface area contributed by atoms with Crippen molar-refractivity contribution < 1.29 is 28.6 Å². The molecule has 1 N–H and O–H groups in total. The summed E-state index contributed by atoms with van der Waals surface area (Å²) in [6, 6.07) is 0. The molecule has 0 aromatic carbocycles. The summed E-state index contributed by atoms with van der Waals surface area (Å²) < 4.78 is 14.1. The zero-order valence-corrected chi connectivity index (χ0v) is 10.7. The van der Waals surface area contributed by atoms with E-state index in [1.807, 2.05) is 0 Å². The summed E-state index contributed by atoms with van der Waals surface area (Å²) in [6.45, 7) is 3.95. The molecule has 0 aliphatic rings. The molecular weight excluding hydrogens is 242 g/mol. The van der Waals surface area contributed by atoms with Gasteiger partial charge in [-0.15, -0.1) is 0 Å². The van der Waals surface area contributed by atoms with E-state index >= 15 is 0 Å². The second-order valence-electron chi connectivity index (χ2n) is 3.40. The van der Waals surface area contributed by atoms with Crippen molar-refractivity contribution in [3.05, 3.63) is 0 Å². The molecular formula is C11H19NO6.